The minimum atomic E-state index is -0.349. The Balaban J connectivity index is 1.61. The SMILES string of the molecule is CCn1nnc2c(NCc3ccc(Cl)c(O)c3O)nc(NC3CCC(N)CC3)nc21. The number of phenols is 2. The number of fused-ring (bicyclic) bond motifs is 1. The first-order valence-corrected chi connectivity index (χ1v) is 10.4. The van der Waals surface area contributed by atoms with Crippen LogP contribution in [-0.2, 0) is 13.1 Å². The second-order valence-corrected chi connectivity index (χ2v) is 7.89. The fourth-order valence-corrected chi connectivity index (χ4v) is 3.77. The fourth-order valence-electron chi connectivity index (χ4n) is 3.62. The summed E-state index contributed by atoms with van der Waals surface area (Å²) in [7, 11) is 0. The van der Waals surface area contributed by atoms with Crippen molar-refractivity contribution in [2.75, 3.05) is 10.6 Å². The van der Waals surface area contributed by atoms with Crippen LogP contribution in [0.2, 0.25) is 5.02 Å². The van der Waals surface area contributed by atoms with Crippen LogP contribution in [0.5, 0.6) is 11.5 Å². The number of nitrogens with zero attached hydrogens (tertiary/aromatic N) is 5. The predicted octanol–water partition coefficient (Wildman–Crippen LogP) is 2.60. The van der Waals surface area contributed by atoms with Crippen molar-refractivity contribution in [3.63, 3.8) is 0 Å². The van der Waals surface area contributed by atoms with Crippen LogP contribution in [0.4, 0.5) is 11.8 Å². The second-order valence-electron chi connectivity index (χ2n) is 7.49. The highest BCUT2D eigenvalue weighted by atomic mass is 35.5. The number of nitrogens with one attached hydrogen (secondary N) is 2. The largest absolute Gasteiger partial charge is 0.504 e. The van der Waals surface area contributed by atoms with Crippen LogP contribution in [0.3, 0.4) is 0 Å². The lowest BCUT2D eigenvalue weighted by Crippen LogP contribution is -2.33. The normalized spacial score (nSPS) is 19.2. The summed E-state index contributed by atoms with van der Waals surface area (Å²) in [5.41, 5.74) is 7.63. The minimum absolute atomic E-state index is 0.0882. The maximum Gasteiger partial charge on any atom is 0.227 e. The van der Waals surface area contributed by atoms with Gasteiger partial charge in [-0.1, -0.05) is 22.9 Å². The molecule has 0 bridgehead atoms. The van der Waals surface area contributed by atoms with Crippen molar-refractivity contribution in [1.29, 1.82) is 0 Å². The van der Waals surface area contributed by atoms with Gasteiger partial charge in [0.25, 0.3) is 0 Å². The van der Waals surface area contributed by atoms with Gasteiger partial charge in [-0.2, -0.15) is 9.97 Å². The van der Waals surface area contributed by atoms with E-state index in [1.807, 2.05) is 6.92 Å². The van der Waals surface area contributed by atoms with Gasteiger partial charge < -0.3 is 26.6 Å². The molecular formula is C19H25ClN8O2. The number of phenolic OH excluding ortho intramolecular Hbond substituents is 2. The predicted molar refractivity (Wildman–Crippen MR) is 115 cm³/mol. The molecular weight excluding hydrogens is 408 g/mol. The zero-order valence-corrected chi connectivity index (χ0v) is 17.4. The van der Waals surface area contributed by atoms with Crippen LogP contribution < -0.4 is 16.4 Å². The number of halogens is 1. The summed E-state index contributed by atoms with van der Waals surface area (Å²) >= 11 is 5.83. The van der Waals surface area contributed by atoms with Crippen LogP contribution in [0.15, 0.2) is 12.1 Å². The number of anilines is 2. The van der Waals surface area contributed by atoms with E-state index in [2.05, 4.69) is 30.9 Å². The van der Waals surface area contributed by atoms with E-state index < -0.39 is 0 Å². The Kier molecular flexibility index (Phi) is 5.78. The third kappa shape index (κ3) is 4.05. The Bertz CT molecular complexity index is 1050. The minimum Gasteiger partial charge on any atom is -0.504 e. The molecule has 1 fully saturated rings. The molecule has 4 rings (SSSR count). The molecule has 0 unspecified atom stereocenters. The topological polar surface area (TPSA) is 147 Å². The number of aryl methyl sites for hydroxylation is 1. The molecule has 3 aromatic rings. The highest BCUT2D eigenvalue weighted by Gasteiger charge is 2.21. The van der Waals surface area contributed by atoms with Gasteiger partial charge in [0.1, 0.15) is 0 Å². The molecule has 1 saturated carbocycles. The van der Waals surface area contributed by atoms with Crippen LogP contribution >= 0.6 is 11.6 Å². The van der Waals surface area contributed by atoms with Crippen molar-refractivity contribution < 1.29 is 10.2 Å². The first kappa shape index (κ1) is 20.4. The average Bonchev–Trinajstić information content (AvgIpc) is 3.16. The molecule has 0 radical (unpaired) electrons. The number of aromatic nitrogens is 5. The summed E-state index contributed by atoms with van der Waals surface area (Å²) in [6.45, 7) is 2.80. The zero-order valence-electron chi connectivity index (χ0n) is 16.6. The van der Waals surface area contributed by atoms with Crippen molar-refractivity contribution in [2.45, 2.75) is 57.8 Å². The van der Waals surface area contributed by atoms with Crippen LogP contribution in [0, 0.1) is 0 Å². The molecule has 6 N–H and O–H groups in total. The molecule has 0 atom stereocenters. The highest BCUT2D eigenvalue weighted by Crippen LogP contribution is 2.36. The Morgan fingerprint density at radius 3 is 2.67 bits per heavy atom. The lowest BCUT2D eigenvalue weighted by molar-refractivity contribution is 0.400. The lowest BCUT2D eigenvalue weighted by atomic mass is 9.92. The Morgan fingerprint density at radius 2 is 1.93 bits per heavy atom. The fraction of sp³-hybridized carbons (Fsp3) is 0.474. The van der Waals surface area contributed by atoms with E-state index in [4.69, 9.17) is 17.3 Å². The molecule has 1 aromatic carbocycles. The van der Waals surface area contributed by atoms with Crippen molar-refractivity contribution in [3.8, 4) is 11.5 Å². The number of hydrogen-bond acceptors (Lipinski definition) is 9. The molecule has 10 nitrogen and oxygen atoms in total. The zero-order chi connectivity index (χ0) is 21.3. The van der Waals surface area contributed by atoms with E-state index in [9.17, 15) is 10.2 Å². The van der Waals surface area contributed by atoms with Gasteiger partial charge in [-0.05, 0) is 38.7 Å². The van der Waals surface area contributed by atoms with Gasteiger partial charge in [0.05, 0.1) is 5.02 Å². The third-order valence-corrected chi connectivity index (χ3v) is 5.70. The van der Waals surface area contributed by atoms with Crippen molar-refractivity contribution in [1.82, 2.24) is 25.0 Å². The Labute approximate surface area is 178 Å². The monoisotopic (exact) mass is 432 g/mol. The van der Waals surface area contributed by atoms with Crippen LogP contribution in [0.25, 0.3) is 11.2 Å². The standard InChI is InChI=1S/C19H25ClN8O2/c1-2-28-18-14(26-27-28)17(22-9-10-3-8-13(20)16(30)15(10)29)24-19(25-18)23-12-6-4-11(21)5-7-12/h3,8,11-12,29-30H,2,4-7,9,21H2,1H3,(H2,22,23,24,25). The van der Waals surface area contributed by atoms with Gasteiger partial charge in [-0.15, -0.1) is 5.10 Å². The second kappa shape index (κ2) is 8.49. The van der Waals surface area contributed by atoms with Crippen molar-refractivity contribution in [3.05, 3.63) is 22.7 Å². The first-order valence-electron chi connectivity index (χ1n) is 10.0. The summed E-state index contributed by atoms with van der Waals surface area (Å²) in [6, 6.07) is 3.68. The maximum absolute atomic E-state index is 10.1. The number of rotatable bonds is 6. The molecule has 11 heteroatoms. The summed E-state index contributed by atoms with van der Waals surface area (Å²) < 4.78 is 1.70. The smallest absolute Gasteiger partial charge is 0.227 e. The highest BCUT2D eigenvalue weighted by molar-refractivity contribution is 6.32. The lowest BCUT2D eigenvalue weighted by Gasteiger charge is -2.26. The Hall–Kier alpha value is -2.85. The van der Waals surface area contributed by atoms with Crippen molar-refractivity contribution in [2.24, 2.45) is 5.73 Å². The number of benzene rings is 1. The molecule has 2 aromatic heterocycles. The van der Waals surface area contributed by atoms with Gasteiger partial charge >= 0.3 is 0 Å². The summed E-state index contributed by atoms with van der Waals surface area (Å²) in [6.07, 6.45) is 3.88. The summed E-state index contributed by atoms with van der Waals surface area (Å²) in [5.74, 6) is 0.363. The molecule has 1 aliphatic carbocycles. The summed E-state index contributed by atoms with van der Waals surface area (Å²) in [5, 5.41) is 35.0. The van der Waals surface area contributed by atoms with E-state index >= 15 is 0 Å². The summed E-state index contributed by atoms with van der Waals surface area (Å²) in [4.78, 5) is 9.21. The maximum atomic E-state index is 10.1. The molecule has 30 heavy (non-hydrogen) atoms. The van der Waals surface area contributed by atoms with E-state index in [0.717, 1.165) is 25.7 Å². The van der Waals surface area contributed by atoms with E-state index in [1.165, 1.54) is 6.07 Å². The number of nitrogens with two attached hydrogens (primary N) is 1. The molecule has 0 saturated heterocycles. The van der Waals surface area contributed by atoms with E-state index in [1.54, 1.807) is 10.7 Å². The molecule has 0 spiro atoms. The number of aromatic hydroxyl groups is 2. The quantitative estimate of drug-likeness (QED) is 0.370. The number of hydrogen-bond donors (Lipinski definition) is 5. The molecule has 2 heterocycles. The van der Waals surface area contributed by atoms with Crippen LogP contribution in [-0.4, -0.2) is 47.3 Å². The molecule has 0 amide bonds. The van der Waals surface area contributed by atoms with Crippen molar-refractivity contribution >= 4 is 34.5 Å². The average molecular weight is 433 g/mol. The molecule has 160 valence electrons. The van der Waals surface area contributed by atoms with Gasteiger partial charge in [0.2, 0.25) is 5.95 Å². The van der Waals surface area contributed by atoms with Crippen LogP contribution in [0.1, 0.15) is 38.2 Å². The third-order valence-electron chi connectivity index (χ3n) is 5.40. The van der Waals surface area contributed by atoms with Gasteiger partial charge in [-0.25, -0.2) is 4.68 Å². The Morgan fingerprint density at radius 1 is 1.17 bits per heavy atom. The van der Waals surface area contributed by atoms with E-state index in [-0.39, 0.29) is 35.2 Å². The molecule has 1 aliphatic rings. The van der Waals surface area contributed by atoms with Gasteiger partial charge in [0.15, 0.2) is 28.5 Å². The van der Waals surface area contributed by atoms with Gasteiger partial charge in [-0.3, -0.25) is 0 Å². The van der Waals surface area contributed by atoms with Gasteiger partial charge in [0, 0.05) is 30.7 Å². The van der Waals surface area contributed by atoms with E-state index in [0.29, 0.717) is 35.0 Å². The molecule has 0 aliphatic heterocycles. The first-order chi connectivity index (χ1) is 14.5.